The Morgan fingerprint density at radius 2 is 2.04 bits per heavy atom. The Kier molecular flexibility index (Phi) is 3.66. The lowest BCUT2D eigenvalue weighted by Gasteiger charge is -2.29. The van der Waals surface area contributed by atoms with E-state index in [9.17, 15) is 8.42 Å². The van der Waals surface area contributed by atoms with Crippen LogP contribution in [0.3, 0.4) is 0 Å². The highest BCUT2D eigenvalue weighted by Crippen LogP contribution is 2.28. The third-order valence-corrected chi connectivity index (χ3v) is 6.66. The lowest BCUT2D eigenvalue weighted by Crippen LogP contribution is -2.37. The van der Waals surface area contributed by atoms with E-state index in [1.54, 1.807) is 22.5 Å². The maximum absolute atomic E-state index is 12.9. The van der Waals surface area contributed by atoms with Gasteiger partial charge in [0.2, 0.25) is 14.8 Å². The molecule has 0 unspecified atom stereocenters. The predicted molar refractivity (Wildman–Crippen MR) is 93.7 cm³/mol. The van der Waals surface area contributed by atoms with Crippen LogP contribution in [0.15, 0.2) is 23.1 Å². The number of nitrogens with one attached hydrogen (secondary N) is 2. The van der Waals surface area contributed by atoms with Gasteiger partial charge in [-0.15, -0.1) is 0 Å². The second-order valence-corrected chi connectivity index (χ2v) is 8.58. The van der Waals surface area contributed by atoms with Crippen molar-refractivity contribution in [3.63, 3.8) is 0 Å². The van der Waals surface area contributed by atoms with Gasteiger partial charge in [-0.05, 0) is 49.2 Å². The molecular formula is C15H17N5O2S2. The SMILES string of the molecule is CC1CCN(S(=O)(=O)c2ccc3[nH]c4nc(=S)[nH]nc4c3c2)CC1. The van der Waals surface area contributed by atoms with Crippen LogP contribution in [-0.2, 0) is 10.0 Å². The predicted octanol–water partition coefficient (Wildman–Crippen LogP) is 2.59. The topological polar surface area (TPSA) is 94.7 Å². The summed E-state index contributed by atoms with van der Waals surface area (Å²) in [5.74, 6) is 0.575. The van der Waals surface area contributed by atoms with Crippen LogP contribution in [0.1, 0.15) is 19.8 Å². The van der Waals surface area contributed by atoms with Crippen molar-refractivity contribution in [2.24, 2.45) is 5.92 Å². The first-order chi connectivity index (χ1) is 11.4. The van der Waals surface area contributed by atoms with Gasteiger partial charge in [0.05, 0.1) is 4.90 Å². The van der Waals surface area contributed by atoms with E-state index in [1.165, 1.54) is 0 Å². The van der Waals surface area contributed by atoms with Gasteiger partial charge in [0, 0.05) is 24.0 Å². The van der Waals surface area contributed by atoms with E-state index in [4.69, 9.17) is 12.2 Å². The summed E-state index contributed by atoms with van der Waals surface area (Å²) in [4.78, 5) is 7.59. The molecule has 0 bridgehead atoms. The van der Waals surface area contributed by atoms with E-state index in [-0.39, 0.29) is 9.67 Å². The number of hydrogen-bond acceptors (Lipinski definition) is 5. The second kappa shape index (κ2) is 5.61. The van der Waals surface area contributed by atoms with E-state index in [2.05, 4.69) is 27.1 Å². The lowest BCUT2D eigenvalue weighted by atomic mass is 10.0. The van der Waals surface area contributed by atoms with Crippen molar-refractivity contribution in [2.75, 3.05) is 13.1 Å². The zero-order chi connectivity index (χ0) is 16.9. The monoisotopic (exact) mass is 363 g/mol. The zero-order valence-corrected chi connectivity index (χ0v) is 14.7. The summed E-state index contributed by atoms with van der Waals surface area (Å²) in [6.07, 6.45) is 1.80. The van der Waals surface area contributed by atoms with Crippen molar-refractivity contribution in [1.82, 2.24) is 24.5 Å². The van der Waals surface area contributed by atoms with Crippen LogP contribution in [-0.4, -0.2) is 46.0 Å². The summed E-state index contributed by atoms with van der Waals surface area (Å²) in [5.41, 5.74) is 1.92. The van der Waals surface area contributed by atoms with Gasteiger partial charge in [0.15, 0.2) is 5.65 Å². The van der Waals surface area contributed by atoms with Gasteiger partial charge in [0.25, 0.3) is 0 Å². The van der Waals surface area contributed by atoms with Crippen molar-refractivity contribution < 1.29 is 8.42 Å². The Morgan fingerprint density at radius 1 is 1.29 bits per heavy atom. The number of aromatic nitrogens is 4. The molecule has 1 aromatic carbocycles. The van der Waals surface area contributed by atoms with Crippen LogP contribution in [0, 0.1) is 10.7 Å². The molecule has 0 radical (unpaired) electrons. The summed E-state index contributed by atoms with van der Waals surface area (Å²) in [5, 5.41) is 7.55. The number of rotatable bonds is 2. The molecule has 0 saturated carbocycles. The highest BCUT2D eigenvalue weighted by Gasteiger charge is 2.28. The summed E-state index contributed by atoms with van der Waals surface area (Å²) >= 11 is 4.97. The van der Waals surface area contributed by atoms with E-state index in [0.29, 0.717) is 30.2 Å². The van der Waals surface area contributed by atoms with Crippen LogP contribution in [0.5, 0.6) is 0 Å². The number of benzene rings is 1. The number of nitrogens with zero attached hydrogens (tertiary/aromatic N) is 3. The van der Waals surface area contributed by atoms with Crippen molar-refractivity contribution in [1.29, 1.82) is 0 Å². The molecule has 24 heavy (non-hydrogen) atoms. The Morgan fingerprint density at radius 3 is 2.79 bits per heavy atom. The largest absolute Gasteiger partial charge is 0.338 e. The molecule has 2 aromatic heterocycles. The average Bonchev–Trinajstić information content (AvgIpc) is 2.91. The Balaban J connectivity index is 1.82. The molecule has 1 aliphatic heterocycles. The number of fused-ring (bicyclic) bond motifs is 3. The average molecular weight is 363 g/mol. The lowest BCUT2D eigenvalue weighted by molar-refractivity contribution is 0.288. The molecule has 3 heterocycles. The second-order valence-electron chi connectivity index (χ2n) is 6.26. The molecule has 2 N–H and O–H groups in total. The first kappa shape index (κ1) is 15.7. The number of hydrogen-bond donors (Lipinski definition) is 2. The Bertz CT molecular complexity index is 1080. The van der Waals surface area contributed by atoms with Gasteiger partial charge in [-0.1, -0.05) is 6.92 Å². The maximum atomic E-state index is 12.9. The van der Waals surface area contributed by atoms with Gasteiger partial charge < -0.3 is 4.98 Å². The smallest absolute Gasteiger partial charge is 0.243 e. The van der Waals surface area contributed by atoms with E-state index < -0.39 is 10.0 Å². The number of sulfonamides is 1. The maximum Gasteiger partial charge on any atom is 0.243 e. The minimum atomic E-state index is -3.49. The molecule has 0 amide bonds. The standard InChI is InChI=1S/C15H17N5O2S2/c1-9-4-6-20(7-5-9)24(21,22)10-2-3-12-11(8-10)13-14(16-12)17-15(23)19-18-13/h2-3,8-9H,4-7H2,1H3,(H2,16,17,19,23). The molecule has 3 aromatic rings. The van der Waals surface area contributed by atoms with E-state index in [1.807, 2.05) is 0 Å². The summed E-state index contributed by atoms with van der Waals surface area (Å²) in [6.45, 7) is 3.30. The van der Waals surface area contributed by atoms with Gasteiger partial charge in [-0.2, -0.15) is 14.4 Å². The molecule has 126 valence electrons. The summed E-state index contributed by atoms with van der Waals surface area (Å²) in [7, 11) is -3.49. The molecule has 1 saturated heterocycles. The van der Waals surface area contributed by atoms with Gasteiger partial charge in [-0.3, -0.25) is 5.10 Å². The minimum absolute atomic E-state index is 0.282. The van der Waals surface area contributed by atoms with Gasteiger partial charge in [-0.25, -0.2) is 8.42 Å². The molecule has 0 aliphatic carbocycles. The quantitative estimate of drug-likeness (QED) is 0.683. The first-order valence-corrected chi connectivity index (χ1v) is 9.68. The first-order valence-electron chi connectivity index (χ1n) is 7.83. The molecule has 9 heteroatoms. The van der Waals surface area contributed by atoms with Crippen LogP contribution in [0.2, 0.25) is 0 Å². The van der Waals surface area contributed by atoms with Crippen molar-refractivity contribution in [2.45, 2.75) is 24.7 Å². The van der Waals surface area contributed by atoms with Crippen molar-refractivity contribution >= 4 is 44.3 Å². The molecular weight excluding hydrogens is 346 g/mol. The fourth-order valence-corrected chi connectivity index (χ4v) is 4.74. The van der Waals surface area contributed by atoms with Crippen molar-refractivity contribution in [3.8, 4) is 0 Å². The van der Waals surface area contributed by atoms with Crippen LogP contribution in [0.25, 0.3) is 22.1 Å². The number of piperidine rings is 1. The van der Waals surface area contributed by atoms with E-state index in [0.717, 1.165) is 23.7 Å². The van der Waals surface area contributed by atoms with Crippen LogP contribution in [0.4, 0.5) is 0 Å². The van der Waals surface area contributed by atoms with Gasteiger partial charge >= 0.3 is 0 Å². The Hall–Kier alpha value is -1.84. The van der Waals surface area contributed by atoms with Crippen LogP contribution >= 0.6 is 12.2 Å². The molecule has 0 spiro atoms. The third-order valence-electron chi connectivity index (χ3n) is 4.58. The highest BCUT2D eigenvalue weighted by atomic mass is 32.2. The highest BCUT2D eigenvalue weighted by molar-refractivity contribution is 7.89. The molecule has 1 fully saturated rings. The summed E-state index contributed by atoms with van der Waals surface area (Å²) < 4.78 is 27.7. The minimum Gasteiger partial charge on any atom is -0.338 e. The fourth-order valence-electron chi connectivity index (χ4n) is 3.10. The Labute approximate surface area is 144 Å². The third kappa shape index (κ3) is 2.52. The van der Waals surface area contributed by atoms with Gasteiger partial charge in [0.1, 0.15) is 5.52 Å². The molecule has 1 aliphatic rings. The van der Waals surface area contributed by atoms with E-state index >= 15 is 0 Å². The molecule has 0 atom stereocenters. The fraction of sp³-hybridized carbons (Fsp3) is 0.400. The molecule has 7 nitrogen and oxygen atoms in total. The summed E-state index contributed by atoms with van der Waals surface area (Å²) in [6, 6.07) is 5.04. The molecule has 4 rings (SSSR count). The number of aromatic amines is 2. The number of H-pyrrole nitrogens is 2. The van der Waals surface area contributed by atoms with Crippen molar-refractivity contribution in [3.05, 3.63) is 23.0 Å². The normalized spacial score (nSPS) is 17.7. The zero-order valence-electron chi connectivity index (χ0n) is 13.1. The van der Waals surface area contributed by atoms with Crippen LogP contribution < -0.4 is 0 Å².